The molecule has 0 unspecified atom stereocenters. The maximum absolute atomic E-state index is 12.8. The SMILES string of the molecule is Cc1noc(C)c1CC(=O)Nc1c(C)n(C)n(-c2ccccc2)c1=O. The summed E-state index contributed by atoms with van der Waals surface area (Å²) < 4.78 is 8.33. The van der Waals surface area contributed by atoms with Crippen molar-refractivity contribution in [2.24, 2.45) is 7.05 Å². The molecule has 1 aromatic carbocycles. The Kier molecular flexibility index (Phi) is 4.31. The first-order valence-electron chi connectivity index (χ1n) is 7.95. The van der Waals surface area contributed by atoms with E-state index in [0.29, 0.717) is 17.1 Å². The number of anilines is 1. The summed E-state index contributed by atoms with van der Waals surface area (Å²) in [5.74, 6) is 0.333. The number of para-hydroxylation sites is 1. The molecule has 0 aliphatic heterocycles. The average Bonchev–Trinajstić information content (AvgIpc) is 3.01. The lowest BCUT2D eigenvalue weighted by atomic mass is 10.1. The molecule has 1 N–H and O–H groups in total. The molecule has 1 amide bonds. The number of carbonyl (C=O) groups is 1. The molecule has 0 bridgehead atoms. The van der Waals surface area contributed by atoms with Crippen LogP contribution in [-0.2, 0) is 18.3 Å². The van der Waals surface area contributed by atoms with Gasteiger partial charge < -0.3 is 9.84 Å². The lowest BCUT2D eigenvalue weighted by molar-refractivity contribution is -0.115. The molecule has 0 aliphatic carbocycles. The molecule has 2 aromatic heterocycles. The Morgan fingerprint density at radius 2 is 1.88 bits per heavy atom. The van der Waals surface area contributed by atoms with Crippen LogP contribution in [0, 0.1) is 20.8 Å². The summed E-state index contributed by atoms with van der Waals surface area (Å²) in [7, 11) is 1.79. The number of nitrogens with one attached hydrogen (secondary N) is 1. The molecule has 0 atom stereocenters. The second-order valence-electron chi connectivity index (χ2n) is 5.96. The first-order chi connectivity index (χ1) is 11.9. The van der Waals surface area contributed by atoms with Crippen LogP contribution in [0.1, 0.15) is 22.7 Å². The summed E-state index contributed by atoms with van der Waals surface area (Å²) in [6.45, 7) is 5.35. The molecule has 0 saturated heterocycles. The number of hydrogen-bond donors (Lipinski definition) is 1. The summed E-state index contributed by atoms with van der Waals surface area (Å²) in [4.78, 5) is 25.2. The van der Waals surface area contributed by atoms with Gasteiger partial charge in [-0.1, -0.05) is 23.4 Å². The molecule has 25 heavy (non-hydrogen) atoms. The summed E-state index contributed by atoms with van der Waals surface area (Å²) in [5.41, 5.74) is 2.86. The van der Waals surface area contributed by atoms with Crippen molar-refractivity contribution in [3.05, 3.63) is 63.4 Å². The highest BCUT2D eigenvalue weighted by molar-refractivity contribution is 5.92. The van der Waals surface area contributed by atoms with E-state index < -0.39 is 0 Å². The quantitative estimate of drug-likeness (QED) is 0.790. The minimum absolute atomic E-state index is 0.111. The van der Waals surface area contributed by atoms with Crippen molar-refractivity contribution in [1.29, 1.82) is 0 Å². The van der Waals surface area contributed by atoms with Crippen molar-refractivity contribution in [3.63, 3.8) is 0 Å². The lowest BCUT2D eigenvalue weighted by Gasteiger charge is -2.07. The normalized spacial score (nSPS) is 10.9. The van der Waals surface area contributed by atoms with Gasteiger partial charge in [-0.15, -0.1) is 0 Å². The molecule has 130 valence electrons. The molecule has 3 aromatic rings. The van der Waals surface area contributed by atoms with Crippen LogP contribution < -0.4 is 10.9 Å². The van der Waals surface area contributed by atoms with E-state index in [1.165, 1.54) is 4.68 Å². The van der Waals surface area contributed by atoms with Crippen molar-refractivity contribution >= 4 is 11.6 Å². The third-order valence-electron chi connectivity index (χ3n) is 4.34. The third-order valence-corrected chi connectivity index (χ3v) is 4.34. The molecule has 3 rings (SSSR count). The van der Waals surface area contributed by atoms with Gasteiger partial charge in [-0.3, -0.25) is 14.3 Å². The highest BCUT2D eigenvalue weighted by Gasteiger charge is 2.20. The standard InChI is InChI=1S/C18H20N4O3/c1-11-15(13(3)25-20-11)10-16(23)19-17-12(2)21(4)22(18(17)24)14-8-6-5-7-9-14/h5-9H,10H2,1-4H3,(H,19,23). The fourth-order valence-corrected chi connectivity index (χ4v) is 2.81. The Morgan fingerprint density at radius 1 is 1.20 bits per heavy atom. The van der Waals surface area contributed by atoms with Gasteiger partial charge in [0.15, 0.2) is 0 Å². The number of aryl methyl sites for hydroxylation is 2. The van der Waals surface area contributed by atoms with Gasteiger partial charge >= 0.3 is 0 Å². The second kappa shape index (κ2) is 6.43. The van der Waals surface area contributed by atoms with Crippen molar-refractivity contribution < 1.29 is 9.32 Å². The van der Waals surface area contributed by atoms with Crippen LogP contribution in [-0.4, -0.2) is 20.4 Å². The Balaban J connectivity index is 1.91. The van der Waals surface area contributed by atoms with Gasteiger partial charge in [0.1, 0.15) is 11.4 Å². The van der Waals surface area contributed by atoms with E-state index in [0.717, 1.165) is 11.3 Å². The third kappa shape index (κ3) is 3.00. The minimum Gasteiger partial charge on any atom is -0.361 e. The molecule has 0 radical (unpaired) electrons. The molecule has 0 spiro atoms. The van der Waals surface area contributed by atoms with Crippen LogP contribution in [0.4, 0.5) is 5.69 Å². The molecule has 0 saturated carbocycles. The minimum atomic E-state index is -0.277. The van der Waals surface area contributed by atoms with Crippen molar-refractivity contribution in [2.45, 2.75) is 27.2 Å². The Morgan fingerprint density at radius 3 is 2.48 bits per heavy atom. The summed E-state index contributed by atoms with van der Waals surface area (Å²) >= 11 is 0. The highest BCUT2D eigenvalue weighted by atomic mass is 16.5. The van der Waals surface area contributed by atoms with E-state index in [4.69, 9.17) is 4.52 Å². The Bertz CT molecular complexity index is 960. The summed E-state index contributed by atoms with van der Waals surface area (Å²) in [6, 6.07) is 9.29. The van der Waals surface area contributed by atoms with E-state index in [9.17, 15) is 9.59 Å². The van der Waals surface area contributed by atoms with Gasteiger partial charge in [0, 0.05) is 12.6 Å². The predicted molar refractivity (Wildman–Crippen MR) is 94.1 cm³/mol. The van der Waals surface area contributed by atoms with E-state index in [2.05, 4.69) is 10.5 Å². The van der Waals surface area contributed by atoms with E-state index in [-0.39, 0.29) is 23.6 Å². The number of hydrogen-bond acceptors (Lipinski definition) is 4. The molecule has 0 fully saturated rings. The fourth-order valence-electron chi connectivity index (χ4n) is 2.81. The van der Waals surface area contributed by atoms with Crippen LogP contribution in [0.25, 0.3) is 5.69 Å². The zero-order valence-electron chi connectivity index (χ0n) is 14.7. The zero-order chi connectivity index (χ0) is 18.1. The van der Waals surface area contributed by atoms with Crippen LogP contribution in [0.15, 0.2) is 39.6 Å². The molecule has 2 heterocycles. The first kappa shape index (κ1) is 16.8. The smallest absolute Gasteiger partial charge is 0.295 e. The van der Waals surface area contributed by atoms with Crippen molar-refractivity contribution in [3.8, 4) is 5.69 Å². The number of amides is 1. The fraction of sp³-hybridized carbons (Fsp3) is 0.278. The highest BCUT2D eigenvalue weighted by Crippen LogP contribution is 2.16. The first-order valence-corrected chi connectivity index (χ1v) is 7.95. The maximum Gasteiger partial charge on any atom is 0.295 e. The number of benzene rings is 1. The van der Waals surface area contributed by atoms with E-state index in [1.807, 2.05) is 30.3 Å². The van der Waals surface area contributed by atoms with Crippen LogP contribution in [0.2, 0.25) is 0 Å². The largest absolute Gasteiger partial charge is 0.361 e. The van der Waals surface area contributed by atoms with E-state index in [1.54, 1.807) is 32.5 Å². The number of aromatic nitrogens is 3. The lowest BCUT2D eigenvalue weighted by Crippen LogP contribution is -2.23. The van der Waals surface area contributed by atoms with Gasteiger partial charge in [-0.2, -0.15) is 0 Å². The topological polar surface area (TPSA) is 82.1 Å². The Hall–Kier alpha value is -3.09. The Labute approximate surface area is 144 Å². The van der Waals surface area contributed by atoms with Crippen molar-refractivity contribution in [2.75, 3.05) is 5.32 Å². The molecular weight excluding hydrogens is 320 g/mol. The maximum atomic E-state index is 12.8. The molecule has 0 aliphatic rings. The van der Waals surface area contributed by atoms with Crippen LogP contribution in [0.5, 0.6) is 0 Å². The van der Waals surface area contributed by atoms with Gasteiger partial charge in [0.2, 0.25) is 5.91 Å². The van der Waals surface area contributed by atoms with Gasteiger partial charge in [0.05, 0.1) is 23.5 Å². The number of carbonyl (C=O) groups excluding carboxylic acids is 1. The average molecular weight is 340 g/mol. The predicted octanol–water partition coefficient (Wildman–Crippen LogP) is 2.27. The van der Waals surface area contributed by atoms with Crippen LogP contribution in [0.3, 0.4) is 0 Å². The molecule has 7 heteroatoms. The van der Waals surface area contributed by atoms with E-state index >= 15 is 0 Å². The van der Waals surface area contributed by atoms with Gasteiger partial charge in [0.25, 0.3) is 5.56 Å². The molecule has 7 nitrogen and oxygen atoms in total. The summed E-state index contributed by atoms with van der Waals surface area (Å²) in [6.07, 6.45) is 0.111. The number of nitrogens with zero attached hydrogens (tertiary/aromatic N) is 3. The number of rotatable bonds is 4. The van der Waals surface area contributed by atoms with Crippen molar-refractivity contribution in [1.82, 2.24) is 14.5 Å². The zero-order valence-corrected chi connectivity index (χ0v) is 14.7. The van der Waals surface area contributed by atoms with Gasteiger partial charge in [-0.25, -0.2) is 4.68 Å². The van der Waals surface area contributed by atoms with Crippen LogP contribution >= 0.6 is 0 Å². The second-order valence-corrected chi connectivity index (χ2v) is 5.96. The van der Waals surface area contributed by atoms with Gasteiger partial charge in [-0.05, 0) is 32.9 Å². The summed E-state index contributed by atoms with van der Waals surface area (Å²) in [5, 5.41) is 6.58. The monoisotopic (exact) mass is 340 g/mol. The molecular formula is C18H20N4O3.